The molecule has 33 heavy (non-hydrogen) atoms. The van der Waals surface area contributed by atoms with Gasteiger partial charge in [-0.1, -0.05) is 12.1 Å². The summed E-state index contributed by atoms with van der Waals surface area (Å²) in [4.78, 5) is 23.9. The lowest BCUT2D eigenvalue weighted by Gasteiger charge is -2.28. The molecule has 0 aliphatic carbocycles. The van der Waals surface area contributed by atoms with Crippen LogP contribution in [-0.4, -0.2) is 36.1 Å². The van der Waals surface area contributed by atoms with Crippen molar-refractivity contribution in [2.75, 3.05) is 35.7 Å². The molecule has 4 rings (SSSR count). The highest BCUT2D eigenvalue weighted by Gasteiger charge is 2.14. The Hall–Kier alpha value is -3.61. The minimum atomic E-state index is -0.0141. The molecule has 1 aromatic heterocycles. The van der Waals surface area contributed by atoms with Crippen molar-refractivity contribution in [3.05, 3.63) is 65.9 Å². The van der Waals surface area contributed by atoms with Crippen LogP contribution in [0.5, 0.6) is 5.75 Å². The lowest BCUT2D eigenvalue weighted by molar-refractivity contribution is -0.116. The predicted octanol–water partition coefficient (Wildman–Crippen LogP) is 5.10. The Kier molecular flexibility index (Phi) is 7.40. The number of amides is 1. The van der Waals surface area contributed by atoms with E-state index in [9.17, 15) is 4.79 Å². The molecular weight excluding hydrogens is 414 g/mol. The topological polar surface area (TPSA) is 79.4 Å². The van der Waals surface area contributed by atoms with Crippen LogP contribution in [0.1, 0.15) is 36.9 Å². The van der Waals surface area contributed by atoms with Crippen LogP contribution >= 0.6 is 0 Å². The third kappa shape index (κ3) is 6.44. The molecule has 0 bridgehead atoms. The lowest BCUT2D eigenvalue weighted by atomic mass is 10.1. The fourth-order valence-electron chi connectivity index (χ4n) is 3.93. The summed E-state index contributed by atoms with van der Waals surface area (Å²) in [6, 6.07) is 17.4. The van der Waals surface area contributed by atoms with Gasteiger partial charge >= 0.3 is 0 Å². The van der Waals surface area contributed by atoms with E-state index >= 15 is 0 Å². The van der Waals surface area contributed by atoms with Gasteiger partial charge in [0.25, 0.3) is 0 Å². The van der Waals surface area contributed by atoms with E-state index in [2.05, 4.69) is 20.5 Å². The maximum Gasteiger partial charge on any atom is 0.229 e. The number of aryl methyl sites for hydroxylation is 2. The number of anilines is 4. The van der Waals surface area contributed by atoms with Crippen LogP contribution in [0.25, 0.3) is 0 Å². The van der Waals surface area contributed by atoms with E-state index < -0.39 is 0 Å². The van der Waals surface area contributed by atoms with Gasteiger partial charge in [-0.2, -0.15) is 4.98 Å². The fourth-order valence-corrected chi connectivity index (χ4v) is 3.93. The quantitative estimate of drug-likeness (QED) is 0.502. The number of nitrogens with zero attached hydrogens (tertiary/aromatic N) is 3. The van der Waals surface area contributed by atoms with Gasteiger partial charge in [-0.05, 0) is 74.6 Å². The van der Waals surface area contributed by atoms with E-state index in [0.29, 0.717) is 18.8 Å². The van der Waals surface area contributed by atoms with Gasteiger partial charge in [0.05, 0.1) is 7.11 Å². The van der Waals surface area contributed by atoms with Crippen LogP contribution in [0.15, 0.2) is 54.6 Å². The zero-order valence-corrected chi connectivity index (χ0v) is 19.3. The number of nitrogens with one attached hydrogen (secondary N) is 2. The number of carbonyl (C=O) groups is 1. The summed E-state index contributed by atoms with van der Waals surface area (Å²) in [5, 5.41) is 6.25. The number of hydrogen-bond donors (Lipinski definition) is 2. The predicted molar refractivity (Wildman–Crippen MR) is 133 cm³/mol. The van der Waals surface area contributed by atoms with Gasteiger partial charge in [-0.3, -0.25) is 4.79 Å². The highest BCUT2D eigenvalue weighted by Crippen LogP contribution is 2.22. The Labute approximate surface area is 195 Å². The van der Waals surface area contributed by atoms with Crippen LogP contribution < -0.4 is 20.3 Å². The monoisotopic (exact) mass is 445 g/mol. The summed E-state index contributed by atoms with van der Waals surface area (Å²) >= 11 is 0. The highest BCUT2D eigenvalue weighted by molar-refractivity contribution is 5.91. The number of piperidine rings is 1. The minimum absolute atomic E-state index is 0.0141. The van der Waals surface area contributed by atoms with Crippen molar-refractivity contribution in [1.82, 2.24) is 9.97 Å². The molecule has 1 amide bonds. The first-order valence-electron chi connectivity index (χ1n) is 11.5. The Morgan fingerprint density at radius 3 is 2.36 bits per heavy atom. The third-order valence-electron chi connectivity index (χ3n) is 5.75. The summed E-state index contributed by atoms with van der Waals surface area (Å²) < 4.78 is 5.17. The number of methoxy groups -OCH3 is 1. The van der Waals surface area contributed by atoms with E-state index in [0.717, 1.165) is 47.3 Å². The summed E-state index contributed by atoms with van der Waals surface area (Å²) in [6.45, 7) is 4.08. The first-order chi connectivity index (χ1) is 16.1. The molecule has 2 N–H and O–H groups in total. The van der Waals surface area contributed by atoms with Crippen molar-refractivity contribution in [3.63, 3.8) is 0 Å². The second kappa shape index (κ2) is 10.8. The van der Waals surface area contributed by atoms with Gasteiger partial charge in [0.15, 0.2) is 0 Å². The number of hydrogen-bond acceptors (Lipinski definition) is 6. The van der Waals surface area contributed by atoms with E-state index in [4.69, 9.17) is 9.72 Å². The Balaban J connectivity index is 1.31. The summed E-state index contributed by atoms with van der Waals surface area (Å²) in [5.41, 5.74) is 3.68. The molecule has 1 saturated heterocycles. The van der Waals surface area contributed by atoms with E-state index in [-0.39, 0.29) is 5.91 Å². The first-order valence-corrected chi connectivity index (χ1v) is 11.5. The van der Waals surface area contributed by atoms with Crippen LogP contribution in [0, 0.1) is 6.92 Å². The fraction of sp³-hybridized carbons (Fsp3) is 0.346. The van der Waals surface area contributed by atoms with Gasteiger partial charge in [0.2, 0.25) is 11.9 Å². The molecule has 0 saturated carbocycles. The number of benzene rings is 2. The smallest absolute Gasteiger partial charge is 0.229 e. The second-order valence-corrected chi connectivity index (χ2v) is 8.34. The van der Waals surface area contributed by atoms with Gasteiger partial charge in [-0.25, -0.2) is 4.98 Å². The molecule has 172 valence electrons. The molecule has 3 aromatic rings. The van der Waals surface area contributed by atoms with E-state index in [1.54, 1.807) is 7.11 Å². The van der Waals surface area contributed by atoms with Crippen molar-refractivity contribution in [2.45, 2.75) is 39.0 Å². The standard InChI is InChI=1S/C26H31N5O2/c1-19-18-24(31-16-4-3-5-17-31)30-26(27-19)29-22-11-9-21(10-12-22)28-25(32)15-8-20-6-13-23(33-2)14-7-20/h6-7,9-14,18H,3-5,8,15-17H2,1-2H3,(H,28,32)(H,27,29,30). The average molecular weight is 446 g/mol. The van der Waals surface area contributed by atoms with Crippen molar-refractivity contribution < 1.29 is 9.53 Å². The number of carbonyl (C=O) groups excluding carboxylic acids is 1. The molecule has 0 atom stereocenters. The van der Waals surface area contributed by atoms with Crippen molar-refractivity contribution in [1.29, 1.82) is 0 Å². The van der Waals surface area contributed by atoms with Gasteiger partial charge in [-0.15, -0.1) is 0 Å². The largest absolute Gasteiger partial charge is 0.497 e. The molecule has 7 nitrogen and oxygen atoms in total. The molecule has 0 radical (unpaired) electrons. The molecule has 2 aromatic carbocycles. The van der Waals surface area contributed by atoms with Crippen molar-refractivity contribution in [3.8, 4) is 5.75 Å². The van der Waals surface area contributed by atoms with Crippen molar-refractivity contribution >= 4 is 29.0 Å². The zero-order chi connectivity index (χ0) is 23.0. The SMILES string of the molecule is COc1ccc(CCC(=O)Nc2ccc(Nc3nc(C)cc(N4CCCCC4)n3)cc2)cc1. The first kappa shape index (κ1) is 22.6. The summed E-state index contributed by atoms with van der Waals surface area (Å²) in [5.74, 6) is 2.37. The van der Waals surface area contributed by atoms with Crippen molar-refractivity contribution in [2.24, 2.45) is 0 Å². The molecule has 0 spiro atoms. The van der Waals surface area contributed by atoms with Gasteiger partial charge < -0.3 is 20.3 Å². The maximum absolute atomic E-state index is 12.3. The summed E-state index contributed by atoms with van der Waals surface area (Å²) in [7, 11) is 1.64. The molecular formula is C26H31N5O2. The Morgan fingerprint density at radius 2 is 1.67 bits per heavy atom. The van der Waals surface area contributed by atoms with Crippen LogP contribution in [0.4, 0.5) is 23.1 Å². The average Bonchev–Trinajstić information content (AvgIpc) is 2.84. The van der Waals surface area contributed by atoms with Crippen LogP contribution in [0.2, 0.25) is 0 Å². The minimum Gasteiger partial charge on any atom is -0.497 e. The highest BCUT2D eigenvalue weighted by atomic mass is 16.5. The van der Waals surface area contributed by atoms with E-state index in [1.165, 1.54) is 19.3 Å². The molecule has 1 aliphatic heterocycles. The second-order valence-electron chi connectivity index (χ2n) is 8.34. The van der Waals surface area contributed by atoms with E-state index in [1.807, 2.05) is 61.5 Å². The normalized spacial score (nSPS) is 13.5. The molecule has 1 aliphatic rings. The molecule has 0 unspecified atom stereocenters. The Morgan fingerprint density at radius 1 is 0.970 bits per heavy atom. The van der Waals surface area contributed by atoms with Crippen LogP contribution in [0.3, 0.4) is 0 Å². The van der Waals surface area contributed by atoms with Gasteiger partial charge in [0.1, 0.15) is 11.6 Å². The number of rotatable bonds is 8. The Bertz CT molecular complexity index is 1060. The third-order valence-corrected chi connectivity index (χ3v) is 5.75. The molecule has 1 fully saturated rings. The molecule has 7 heteroatoms. The maximum atomic E-state index is 12.3. The lowest BCUT2D eigenvalue weighted by Crippen LogP contribution is -2.30. The molecule has 2 heterocycles. The number of ether oxygens (including phenoxy) is 1. The van der Waals surface area contributed by atoms with Crippen LogP contribution in [-0.2, 0) is 11.2 Å². The van der Waals surface area contributed by atoms with Gasteiger partial charge in [0, 0.05) is 42.6 Å². The summed E-state index contributed by atoms with van der Waals surface area (Å²) in [6.07, 6.45) is 4.80. The number of aromatic nitrogens is 2. The zero-order valence-electron chi connectivity index (χ0n) is 19.3.